The Labute approximate surface area is 181 Å². The molecule has 0 fully saturated rings. The molecule has 1 heterocycles. The Hall–Kier alpha value is -2.69. The molecule has 0 radical (unpaired) electrons. The minimum Gasteiger partial charge on any atom is -0.493 e. The Morgan fingerprint density at radius 2 is 1.90 bits per heavy atom. The lowest BCUT2D eigenvalue weighted by atomic mass is 10.0. The van der Waals surface area contributed by atoms with E-state index in [-0.39, 0.29) is 25.1 Å². The average Bonchev–Trinajstić information content (AvgIpc) is 2.72. The van der Waals surface area contributed by atoms with E-state index >= 15 is 0 Å². The SMILES string of the molecule is Cc1cc(-c2ccn(CCC(C)(C(=O)NO)S(C)(=O)=O)c(=O)c2)ccc1OCCCO. The molecule has 9 nitrogen and oxygen atoms in total. The number of hydrogen-bond donors (Lipinski definition) is 3. The fourth-order valence-electron chi connectivity index (χ4n) is 3.03. The molecule has 31 heavy (non-hydrogen) atoms. The number of benzene rings is 1. The van der Waals surface area contributed by atoms with Crippen molar-refractivity contribution in [3.8, 4) is 16.9 Å². The first-order valence-corrected chi connectivity index (χ1v) is 11.6. The zero-order valence-electron chi connectivity index (χ0n) is 17.8. The van der Waals surface area contributed by atoms with Crippen molar-refractivity contribution in [2.45, 2.75) is 38.0 Å². The van der Waals surface area contributed by atoms with Gasteiger partial charge in [0.1, 0.15) is 5.75 Å². The van der Waals surface area contributed by atoms with Crippen LogP contribution in [0.3, 0.4) is 0 Å². The molecule has 1 aromatic carbocycles. The molecular formula is C21H28N2O7S. The van der Waals surface area contributed by atoms with Crippen LogP contribution in [0.15, 0.2) is 41.3 Å². The van der Waals surface area contributed by atoms with Crippen LogP contribution in [0.5, 0.6) is 5.75 Å². The topological polar surface area (TPSA) is 135 Å². The van der Waals surface area contributed by atoms with Gasteiger partial charge in [-0.2, -0.15) is 0 Å². The van der Waals surface area contributed by atoms with Crippen molar-refractivity contribution < 1.29 is 28.3 Å². The minimum absolute atomic E-state index is 0.0211. The van der Waals surface area contributed by atoms with E-state index in [0.29, 0.717) is 24.3 Å². The quantitative estimate of drug-likeness (QED) is 0.281. The molecule has 3 N–H and O–H groups in total. The number of ether oxygens (including phenoxy) is 1. The second-order valence-corrected chi connectivity index (χ2v) is 9.99. The molecule has 0 bridgehead atoms. The third kappa shape index (κ3) is 5.72. The first-order valence-electron chi connectivity index (χ1n) is 9.73. The van der Waals surface area contributed by atoms with Crippen molar-refractivity contribution in [2.75, 3.05) is 19.5 Å². The summed E-state index contributed by atoms with van der Waals surface area (Å²) in [6.45, 7) is 3.54. The molecule has 170 valence electrons. The summed E-state index contributed by atoms with van der Waals surface area (Å²) in [5.74, 6) is -0.343. The highest BCUT2D eigenvalue weighted by Crippen LogP contribution is 2.26. The van der Waals surface area contributed by atoms with E-state index in [4.69, 9.17) is 15.1 Å². The van der Waals surface area contributed by atoms with Crippen molar-refractivity contribution in [3.63, 3.8) is 0 Å². The summed E-state index contributed by atoms with van der Waals surface area (Å²) in [7, 11) is -3.84. The number of hydroxylamine groups is 1. The number of nitrogens with zero attached hydrogens (tertiary/aromatic N) is 1. The first kappa shape index (κ1) is 24.6. The number of amides is 1. The number of rotatable bonds is 10. The third-order valence-electron chi connectivity index (χ3n) is 5.29. The number of carbonyl (C=O) groups excluding carboxylic acids is 1. The highest BCUT2D eigenvalue weighted by atomic mass is 32.2. The predicted molar refractivity (Wildman–Crippen MR) is 116 cm³/mol. The van der Waals surface area contributed by atoms with Crippen LogP contribution in [-0.2, 0) is 21.2 Å². The Morgan fingerprint density at radius 3 is 2.45 bits per heavy atom. The highest BCUT2D eigenvalue weighted by molar-refractivity contribution is 7.92. The number of sulfone groups is 1. The van der Waals surface area contributed by atoms with Gasteiger partial charge in [-0.3, -0.25) is 14.8 Å². The molecule has 2 aromatic rings. The van der Waals surface area contributed by atoms with Crippen LogP contribution in [0.2, 0.25) is 0 Å². The summed E-state index contributed by atoms with van der Waals surface area (Å²) < 4.78 is 29.2. The van der Waals surface area contributed by atoms with Crippen LogP contribution in [0, 0.1) is 6.92 Å². The van der Waals surface area contributed by atoms with Gasteiger partial charge in [0.05, 0.1) is 6.61 Å². The molecule has 10 heteroatoms. The van der Waals surface area contributed by atoms with Crippen molar-refractivity contribution in [1.82, 2.24) is 10.0 Å². The second-order valence-electron chi connectivity index (χ2n) is 7.55. The number of aliphatic hydroxyl groups excluding tert-OH is 1. The number of nitrogens with one attached hydrogen (secondary N) is 1. The largest absolute Gasteiger partial charge is 0.493 e. The van der Waals surface area contributed by atoms with Crippen LogP contribution in [0.4, 0.5) is 0 Å². The number of carbonyl (C=O) groups is 1. The summed E-state index contributed by atoms with van der Waals surface area (Å²) in [4.78, 5) is 24.5. The molecule has 1 unspecified atom stereocenters. The molecule has 0 saturated heterocycles. The summed E-state index contributed by atoms with van der Waals surface area (Å²) >= 11 is 0. The third-order valence-corrected chi connectivity index (χ3v) is 7.32. The summed E-state index contributed by atoms with van der Waals surface area (Å²) in [5.41, 5.74) is 3.43. The number of pyridine rings is 1. The molecule has 2 rings (SSSR count). The van der Waals surface area contributed by atoms with E-state index in [1.165, 1.54) is 29.2 Å². The van der Waals surface area contributed by atoms with E-state index < -0.39 is 20.5 Å². The van der Waals surface area contributed by atoms with Crippen LogP contribution >= 0.6 is 0 Å². The van der Waals surface area contributed by atoms with E-state index in [9.17, 15) is 18.0 Å². The molecule has 0 spiro atoms. The van der Waals surface area contributed by atoms with Crippen molar-refractivity contribution in [1.29, 1.82) is 0 Å². The summed E-state index contributed by atoms with van der Waals surface area (Å²) in [6.07, 6.45) is 2.81. The molecule has 1 atom stereocenters. The number of hydrogen-bond acceptors (Lipinski definition) is 7. The molecule has 1 aromatic heterocycles. The zero-order valence-corrected chi connectivity index (χ0v) is 18.6. The van der Waals surface area contributed by atoms with E-state index in [2.05, 4.69) is 0 Å². The van der Waals surface area contributed by atoms with Gasteiger partial charge < -0.3 is 14.4 Å². The number of aliphatic hydroxyl groups is 1. The van der Waals surface area contributed by atoms with Gasteiger partial charge in [-0.1, -0.05) is 6.07 Å². The fourth-order valence-corrected chi connectivity index (χ4v) is 3.87. The van der Waals surface area contributed by atoms with Gasteiger partial charge in [0.25, 0.3) is 11.5 Å². The minimum atomic E-state index is -3.84. The van der Waals surface area contributed by atoms with Crippen molar-refractivity contribution in [2.24, 2.45) is 0 Å². The number of aromatic nitrogens is 1. The maximum atomic E-state index is 12.6. The van der Waals surface area contributed by atoms with Gasteiger partial charge >= 0.3 is 0 Å². The lowest BCUT2D eigenvalue weighted by Gasteiger charge is -2.25. The zero-order chi connectivity index (χ0) is 23.2. The Balaban J connectivity index is 2.21. The molecule has 0 saturated carbocycles. The monoisotopic (exact) mass is 452 g/mol. The molecular weight excluding hydrogens is 424 g/mol. The Kier molecular flexibility index (Phi) is 7.99. The maximum Gasteiger partial charge on any atom is 0.264 e. The average molecular weight is 453 g/mol. The van der Waals surface area contributed by atoms with E-state index in [1.54, 1.807) is 12.1 Å². The fraction of sp³-hybridized carbons (Fsp3) is 0.429. The van der Waals surface area contributed by atoms with Crippen LogP contribution in [0.1, 0.15) is 25.3 Å². The van der Waals surface area contributed by atoms with Gasteiger partial charge in [0.15, 0.2) is 14.6 Å². The normalized spacial score (nSPS) is 13.5. The maximum absolute atomic E-state index is 12.6. The van der Waals surface area contributed by atoms with Gasteiger partial charge in [-0.25, -0.2) is 13.9 Å². The summed E-state index contributed by atoms with van der Waals surface area (Å²) in [5, 5.41) is 17.7. The molecule has 0 aliphatic carbocycles. The molecule has 0 aliphatic heterocycles. The predicted octanol–water partition coefficient (Wildman–Crippen LogP) is 1.28. The van der Waals surface area contributed by atoms with Crippen LogP contribution in [0.25, 0.3) is 11.1 Å². The van der Waals surface area contributed by atoms with Crippen molar-refractivity contribution >= 4 is 15.7 Å². The lowest BCUT2D eigenvalue weighted by Crippen LogP contribution is -2.49. The van der Waals surface area contributed by atoms with Gasteiger partial charge in [-0.05, 0) is 55.2 Å². The van der Waals surface area contributed by atoms with E-state index in [0.717, 1.165) is 17.4 Å². The van der Waals surface area contributed by atoms with E-state index in [1.807, 2.05) is 19.1 Å². The van der Waals surface area contributed by atoms with Gasteiger partial charge in [-0.15, -0.1) is 0 Å². The lowest BCUT2D eigenvalue weighted by molar-refractivity contribution is -0.131. The van der Waals surface area contributed by atoms with Gasteiger partial charge in [0.2, 0.25) is 0 Å². The Bertz CT molecular complexity index is 1100. The number of aryl methyl sites for hydroxylation is 2. The Morgan fingerprint density at radius 1 is 1.23 bits per heavy atom. The molecule has 0 aliphatic rings. The van der Waals surface area contributed by atoms with Crippen molar-refractivity contribution in [3.05, 3.63) is 52.4 Å². The smallest absolute Gasteiger partial charge is 0.264 e. The summed E-state index contributed by atoms with van der Waals surface area (Å²) in [6, 6.07) is 8.68. The first-order chi connectivity index (χ1) is 14.5. The van der Waals surface area contributed by atoms with Gasteiger partial charge in [0, 0.05) is 38.1 Å². The van der Waals surface area contributed by atoms with Crippen LogP contribution < -0.4 is 15.8 Å². The highest BCUT2D eigenvalue weighted by Gasteiger charge is 2.43. The second kappa shape index (κ2) is 10.1. The van der Waals surface area contributed by atoms with Crippen LogP contribution in [-0.4, -0.2) is 53.4 Å². The molecule has 1 amide bonds. The standard InChI is InChI=1S/C21H28N2O7S/c1-15-13-16(5-6-18(15)30-12-4-11-24)17-7-9-23(19(25)14-17)10-8-21(2,20(26)22-27)31(3,28)29/h5-7,9,13-14,24,27H,4,8,10-12H2,1-3H3,(H,22,26).